The van der Waals surface area contributed by atoms with Gasteiger partial charge < -0.3 is 10.5 Å². The van der Waals surface area contributed by atoms with E-state index in [2.05, 4.69) is 4.74 Å². The van der Waals surface area contributed by atoms with Gasteiger partial charge in [0.1, 0.15) is 0 Å². The van der Waals surface area contributed by atoms with Crippen LogP contribution in [-0.4, -0.2) is 28.3 Å². The maximum Gasteiger partial charge on any atom is 0.327 e. The molecule has 68 valence electrons. The van der Waals surface area contributed by atoms with Crippen LogP contribution in [0.2, 0.25) is 0 Å². The molecule has 1 rings (SSSR count). The molecular formula is C7H11NO3S. The van der Waals surface area contributed by atoms with Crippen molar-refractivity contribution in [1.82, 2.24) is 0 Å². The van der Waals surface area contributed by atoms with Crippen LogP contribution < -0.4 is 5.73 Å². The van der Waals surface area contributed by atoms with E-state index in [1.807, 2.05) is 0 Å². The fourth-order valence-corrected chi connectivity index (χ4v) is 2.64. The highest BCUT2D eigenvalue weighted by Crippen LogP contribution is 2.20. The van der Waals surface area contributed by atoms with Gasteiger partial charge in [0.2, 0.25) is 0 Å². The standard InChI is InChI=1S/C7H11NO3S/c1-4-3-12(10)6(5(4)8)7(9)11-2/h6H,3,8H2,1-2H3. The molecule has 0 aromatic rings. The van der Waals surface area contributed by atoms with Crippen molar-refractivity contribution >= 4 is 16.8 Å². The minimum atomic E-state index is -1.22. The van der Waals surface area contributed by atoms with Crippen LogP contribution in [-0.2, 0) is 20.3 Å². The Morgan fingerprint density at radius 2 is 2.33 bits per heavy atom. The summed E-state index contributed by atoms with van der Waals surface area (Å²) >= 11 is 0. The second-order valence-corrected chi connectivity index (χ2v) is 4.19. The molecule has 12 heavy (non-hydrogen) atoms. The lowest BCUT2D eigenvalue weighted by Gasteiger charge is -2.06. The molecule has 0 saturated heterocycles. The van der Waals surface area contributed by atoms with E-state index in [-0.39, 0.29) is 0 Å². The molecule has 2 unspecified atom stereocenters. The molecular weight excluding hydrogens is 178 g/mol. The van der Waals surface area contributed by atoms with E-state index >= 15 is 0 Å². The Morgan fingerprint density at radius 1 is 1.75 bits per heavy atom. The highest BCUT2D eigenvalue weighted by atomic mass is 32.2. The molecule has 0 amide bonds. The summed E-state index contributed by atoms with van der Waals surface area (Å²) in [4.78, 5) is 11.1. The summed E-state index contributed by atoms with van der Waals surface area (Å²) in [6, 6.07) is 0. The molecule has 0 spiro atoms. The third-order valence-corrected chi connectivity index (χ3v) is 3.50. The Balaban J connectivity index is 2.91. The summed E-state index contributed by atoms with van der Waals surface area (Å²) in [5.74, 6) is -0.131. The molecule has 0 radical (unpaired) electrons. The summed E-state index contributed by atoms with van der Waals surface area (Å²) in [5, 5.41) is -0.741. The minimum Gasteiger partial charge on any atom is -0.468 e. The van der Waals surface area contributed by atoms with Gasteiger partial charge in [-0.1, -0.05) is 0 Å². The Labute approximate surface area is 73.2 Å². The summed E-state index contributed by atoms with van der Waals surface area (Å²) in [6.45, 7) is 1.77. The first-order valence-corrected chi connectivity index (χ1v) is 4.86. The molecule has 0 bridgehead atoms. The zero-order valence-corrected chi connectivity index (χ0v) is 7.81. The predicted octanol–water partition coefficient (Wildman–Crippen LogP) is -0.477. The molecule has 2 N–H and O–H groups in total. The van der Waals surface area contributed by atoms with Crippen LogP contribution in [0.15, 0.2) is 11.3 Å². The van der Waals surface area contributed by atoms with Gasteiger partial charge in [-0.2, -0.15) is 0 Å². The number of carbonyl (C=O) groups is 1. The van der Waals surface area contributed by atoms with Gasteiger partial charge in [0.25, 0.3) is 0 Å². The Morgan fingerprint density at radius 3 is 2.67 bits per heavy atom. The summed E-state index contributed by atoms with van der Waals surface area (Å²) in [5.41, 5.74) is 6.80. The average Bonchev–Trinajstić information content (AvgIpc) is 2.26. The largest absolute Gasteiger partial charge is 0.468 e. The second-order valence-electron chi connectivity index (χ2n) is 2.66. The third kappa shape index (κ3) is 1.36. The van der Waals surface area contributed by atoms with Gasteiger partial charge in [-0.25, -0.2) is 0 Å². The first-order valence-electron chi connectivity index (χ1n) is 3.48. The maximum absolute atomic E-state index is 11.3. The van der Waals surface area contributed by atoms with Crippen molar-refractivity contribution in [2.45, 2.75) is 12.2 Å². The number of hydrogen-bond acceptors (Lipinski definition) is 4. The molecule has 5 heteroatoms. The fraction of sp³-hybridized carbons (Fsp3) is 0.571. The van der Waals surface area contributed by atoms with E-state index in [1.54, 1.807) is 6.92 Å². The van der Waals surface area contributed by atoms with Crippen LogP contribution in [0.3, 0.4) is 0 Å². The van der Waals surface area contributed by atoms with Crippen molar-refractivity contribution in [2.75, 3.05) is 12.9 Å². The number of esters is 1. The maximum atomic E-state index is 11.3. The molecule has 0 fully saturated rings. The molecule has 4 nitrogen and oxygen atoms in total. The fourth-order valence-electron chi connectivity index (χ4n) is 1.09. The zero-order valence-electron chi connectivity index (χ0n) is 6.99. The number of ether oxygens (including phenoxy) is 1. The van der Waals surface area contributed by atoms with E-state index in [0.29, 0.717) is 11.4 Å². The minimum absolute atomic E-state index is 0.381. The van der Waals surface area contributed by atoms with Crippen LogP contribution in [0.25, 0.3) is 0 Å². The highest BCUT2D eigenvalue weighted by molar-refractivity contribution is 7.87. The van der Waals surface area contributed by atoms with Crippen molar-refractivity contribution in [3.05, 3.63) is 11.3 Å². The number of methoxy groups -OCH3 is 1. The molecule has 1 aliphatic heterocycles. The van der Waals surface area contributed by atoms with Crippen LogP contribution in [0.1, 0.15) is 6.92 Å². The van der Waals surface area contributed by atoms with Gasteiger partial charge >= 0.3 is 5.97 Å². The number of rotatable bonds is 1. The lowest BCUT2D eigenvalue weighted by molar-refractivity contribution is -0.139. The topological polar surface area (TPSA) is 69.4 Å². The SMILES string of the molecule is COC(=O)C1C(N)=C(C)CS1=O. The summed E-state index contributed by atoms with van der Waals surface area (Å²) < 4.78 is 15.8. The molecule has 0 aromatic heterocycles. The smallest absolute Gasteiger partial charge is 0.327 e. The van der Waals surface area contributed by atoms with Gasteiger partial charge in [-0.05, 0) is 12.5 Å². The van der Waals surface area contributed by atoms with Gasteiger partial charge in [0.15, 0.2) is 5.25 Å². The van der Waals surface area contributed by atoms with Crippen molar-refractivity contribution < 1.29 is 13.7 Å². The highest BCUT2D eigenvalue weighted by Gasteiger charge is 2.35. The Kier molecular flexibility index (Phi) is 2.52. The van der Waals surface area contributed by atoms with Gasteiger partial charge in [-0.3, -0.25) is 9.00 Å². The monoisotopic (exact) mass is 189 g/mol. The molecule has 0 saturated carbocycles. The number of nitrogens with two attached hydrogens (primary N) is 1. The molecule has 1 aliphatic rings. The van der Waals surface area contributed by atoms with Crippen molar-refractivity contribution in [2.24, 2.45) is 5.73 Å². The molecule has 0 aromatic carbocycles. The lowest BCUT2D eigenvalue weighted by atomic mass is 10.2. The Hall–Kier alpha value is -0.840. The lowest BCUT2D eigenvalue weighted by Crippen LogP contribution is -2.29. The van der Waals surface area contributed by atoms with Gasteiger partial charge in [0, 0.05) is 22.2 Å². The third-order valence-electron chi connectivity index (χ3n) is 1.81. The van der Waals surface area contributed by atoms with Crippen LogP contribution in [0.4, 0.5) is 0 Å². The molecule has 2 atom stereocenters. The van der Waals surface area contributed by atoms with E-state index in [1.165, 1.54) is 7.11 Å². The van der Waals surface area contributed by atoms with E-state index in [9.17, 15) is 9.00 Å². The van der Waals surface area contributed by atoms with Crippen LogP contribution in [0.5, 0.6) is 0 Å². The number of hydrogen-bond donors (Lipinski definition) is 1. The van der Waals surface area contributed by atoms with Crippen molar-refractivity contribution in [1.29, 1.82) is 0 Å². The normalized spacial score (nSPS) is 29.2. The van der Waals surface area contributed by atoms with Crippen LogP contribution in [0, 0.1) is 0 Å². The first-order chi connectivity index (χ1) is 5.57. The average molecular weight is 189 g/mol. The van der Waals surface area contributed by atoms with Gasteiger partial charge in [-0.15, -0.1) is 0 Å². The predicted molar refractivity (Wildman–Crippen MR) is 45.7 cm³/mol. The van der Waals surface area contributed by atoms with E-state index < -0.39 is 22.0 Å². The van der Waals surface area contributed by atoms with Crippen molar-refractivity contribution in [3.8, 4) is 0 Å². The number of carbonyl (C=O) groups excluding carboxylic acids is 1. The van der Waals surface area contributed by atoms with Gasteiger partial charge in [0.05, 0.1) is 7.11 Å². The molecule has 0 aliphatic carbocycles. The van der Waals surface area contributed by atoms with Crippen LogP contribution >= 0.6 is 0 Å². The summed E-state index contributed by atoms with van der Waals surface area (Å²) in [6.07, 6.45) is 0. The zero-order chi connectivity index (χ0) is 9.30. The second kappa shape index (κ2) is 3.26. The Bertz CT molecular complexity index is 272. The van der Waals surface area contributed by atoms with Crippen molar-refractivity contribution in [3.63, 3.8) is 0 Å². The molecule has 1 heterocycles. The summed E-state index contributed by atoms with van der Waals surface area (Å²) in [7, 11) is 0.0400. The van der Waals surface area contributed by atoms with E-state index in [0.717, 1.165) is 5.57 Å². The van der Waals surface area contributed by atoms with E-state index in [4.69, 9.17) is 5.73 Å². The first kappa shape index (κ1) is 9.25. The quantitative estimate of drug-likeness (QED) is 0.566.